The second-order valence-corrected chi connectivity index (χ2v) is 7.83. The summed E-state index contributed by atoms with van der Waals surface area (Å²) in [7, 11) is 0. The van der Waals surface area contributed by atoms with Gasteiger partial charge in [-0.2, -0.15) is 0 Å². The van der Waals surface area contributed by atoms with E-state index in [1.165, 1.54) is 10.4 Å². The number of halogens is 1. The van der Waals surface area contributed by atoms with E-state index >= 15 is 0 Å². The number of hydrogen-bond acceptors (Lipinski definition) is 3. The second-order valence-electron chi connectivity index (χ2n) is 6.80. The van der Waals surface area contributed by atoms with Crippen LogP contribution in [0.1, 0.15) is 23.8 Å². The standard InChI is InChI=1S/C21H28N4OS.HI/c1-2-22-21(24-15-19-9-6-12-27-19)23-14-18-13-20(26)25(16-18)11-10-17-7-4-3-5-8-17;/h3-9,12,18H,2,10-11,13-16H2,1H3,(H2,22,23,24);1H. The van der Waals surface area contributed by atoms with Crippen LogP contribution in [0.4, 0.5) is 0 Å². The maximum atomic E-state index is 12.3. The molecule has 28 heavy (non-hydrogen) atoms. The Balaban J connectivity index is 0.00000280. The molecule has 5 nitrogen and oxygen atoms in total. The Labute approximate surface area is 188 Å². The van der Waals surface area contributed by atoms with Crippen molar-refractivity contribution >= 4 is 47.2 Å². The van der Waals surface area contributed by atoms with Gasteiger partial charge in [0.15, 0.2) is 5.96 Å². The molecule has 1 saturated heterocycles. The summed E-state index contributed by atoms with van der Waals surface area (Å²) in [6, 6.07) is 14.5. The fraction of sp³-hybridized carbons (Fsp3) is 0.429. The smallest absolute Gasteiger partial charge is 0.223 e. The lowest BCUT2D eigenvalue weighted by Crippen LogP contribution is -2.40. The molecule has 1 atom stereocenters. The Morgan fingerprint density at radius 3 is 2.75 bits per heavy atom. The van der Waals surface area contributed by atoms with Crippen molar-refractivity contribution in [2.45, 2.75) is 26.3 Å². The van der Waals surface area contributed by atoms with E-state index < -0.39 is 0 Å². The number of carbonyl (C=O) groups is 1. The molecule has 0 spiro atoms. The SMILES string of the molecule is CCNC(=NCc1cccs1)NCC1CC(=O)N(CCc2ccccc2)C1.I. The first-order valence-electron chi connectivity index (χ1n) is 9.61. The molecule has 0 aliphatic carbocycles. The molecule has 1 fully saturated rings. The highest BCUT2D eigenvalue weighted by Crippen LogP contribution is 2.17. The Kier molecular flexibility index (Phi) is 9.77. The summed E-state index contributed by atoms with van der Waals surface area (Å²) in [4.78, 5) is 20.2. The van der Waals surface area contributed by atoms with Gasteiger partial charge in [-0.1, -0.05) is 36.4 Å². The van der Waals surface area contributed by atoms with Gasteiger partial charge in [-0.25, -0.2) is 4.99 Å². The van der Waals surface area contributed by atoms with E-state index in [0.717, 1.165) is 38.6 Å². The van der Waals surface area contributed by atoms with Gasteiger partial charge in [0.2, 0.25) is 5.91 Å². The zero-order valence-corrected chi connectivity index (χ0v) is 19.4. The van der Waals surface area contributed by atoms with E-state index in [2.05, 4.69) is 46.1 Å². The zero-order chi connectivity index (χ0) is 18.9. The van der Waals surface area contributed by atoms with Gasteiger partial charge < -0.3 is 15.5 Å². The number of likely N-dealkylation sites (tertiary alicyclic amines) is 1. The topological polar surface area (TPSA) is 56.7 Å². The number of amides is 1. The number of rotatable bonds is 8. The van der Waals surface area contributed by atoms with Crippen molar-refractivity contribution in [3.63, 3.8) is 0 Å². The van der Waals surface area contributed by atoms with Gasteiger partial charge in [0.1, 0.15) is 0 Å². The summed E-state index contributed by atoms with van der Waals surface area (Å²) >= 11 is 1.72. The summed E-state index contributed by atoms with van der Waals surface area (Å²) in [6.07, 6.45) is 1.53. The molecule has 0 saturated carbocycles. The Morgan fingerprint density at radius 2 is 2.04 bits per heavy atom. The molecule has 1 aromatic heterocycles. The molecular formula is C21H29IN4OS. The first kappa shape index (κ1) is 22.7. The van der Waals surface area contributed by atoms with E-state index in [4.69, 9.17) is 0 Å². The van der Waals surface area contributed by atoms with E-state index in [1.807, 2.05) is 29.2 Å². The lowest BCUT2D eigenvalue weighted by atomic mass is 10.1. The fourth-order valence-electron chi connectivity index (χ4n) is 3.26. The molecule has 0 bridgehead atoms. The Hall–Kier alpha value is -1.61. The van der Waals surface area contributed by atoms with Crippen molar-refractivity contribution in [3.8, 4) is 0 Å². The summed E-state index contributed by atoms with van der Waals surface area (Å²) in [5.41, 5.74) is 1.28. The van der Waals surface area contributed by atoms with Gasteiger partial charge in [-0.05, 0) is 30.4 Å². The van der Waals surface area contributed by atoms with E-state index in [0.29, 0.717) is 18.9 Å². The van der Waals surface area contributed by atoms with E-state index in [9.17, 15) is 4.79 Å². The summed E-state index contributed by atoms with van der Waals surface area (Å²) in [5, 5.41) is 8.76. The summed E-state index contributed by atoms with van der Waals surface area (Å²) in [5.74, 6) is 1.42. The molecule has 1 aliphatic heterocycles. The highest BCUT2D eigenvalue weighted by molar-refractivity contribution is 14.0. The molecule has 152 valence electrons. The first-order chi connectivity index (χ1) is 13.2. The van der Waals surface area contributed by atoms with E-state index in [-0.39, 0.29) is 29.9 Å². The van der Waals surface area contributed by atoms with Crippen LogP contribution in [0.5, 0.6) is 0 Å². The van der Waals surface area contributed by atoms with Crippen molar-refractivity contribution in [2.75, 3.05) is 26.2 Å². The minimum absolute atomic E-state index is 0. The monoisotopic (exact) mass is 512 g/mol. The first-order valence-corrected chi connectivity index (χ1v) is 10.5. The molecule has 2 heterocycles. The number of guanidine groups is 1. The van der Waals surface area contributed by atoms with Crippen molar-refractivity contribution in [1.29, 1.82) is 0 Å². The largest absolute Gasteiger partial charge is 0.357 e. The normalized spacial score (nSPS) is 16.8. The predicted octanol–water partition coefficient (Wildman–Crippen LogP) is 3.51. The molecule has 0 radical (unpaired) electrons. The summed E-state index contributed by atoms with van der Waals surface area (Å²) < 4.78 is 0. The quantitative estimate of drug-likeness (QED) is 0.324. The van der Waals surface area contributed by atoms with Gasteiger partial charge in [0.25, 0.3) is 0 Å². The lowest BCUT2D eigenvalue weighted by Gasteiger charge is -2.18. The maximum Gasteiger partial charge on any atom is 0.223 e. The van der Waals surface area contributed by atoms with Crippen LogP contribution < -0.4 is 10.6 Å². The minimum atomic E-state index is 0. The molecule has 3 rings (SSSR count). The van der Waals surface area contributed by atoms with Crippen molar-refractivity contribution < 1.29 is 4.79 Å². The molecule has 2 N–H and O–H groups in total. The average Bonchev–Trinajstić information content (AvgIpc) is 3.33. The highest BCUT2D eigenvalue weighted by atomic mass is 127. The number of nitrogens with zero attached hydrogens (tertiary/aromatic N) is 2. The van der Waals surface area contributed by atoms with Crippen LogP contribution in [-0.4, -0.2) is 42.9 Å². The predicted molar refractivity (Wildman–Crippen MR) is 127 cm³/mol. The van der Waals surface area contributed by atoms with Crippen LogP contribution in [0, 0.1) is 5.92 Å². The fourth-order valence-corrected chi connectivity index (χ4v) is 3.89. The molecule has 1 unspecified atom stereocenters. The number of thiophene rings is 1. The molecule has 1 aliphatic rings. The third kappa shape index (κ3) is 7.09. The Morgan fingerprint density at radius 1 is 1.21 bits per heavy atom. The highest BCUT2D eigenvalue weighted by Gasteiger charge is 2.29. The number of aliphatic imine (C=N–C) groups is 1. The van der Waals surface area contributed by atoms with Crippen LogP contribution in [0.3, 0.4) is 0 Å². The van der Waals surface area contributed by atoms with Crippen molar-refractivity contribution in [3.05, 3.63) is 58.3 Å². The molecule has 1 aromatic carbocycles. The van der Waals surface area contributed by atoms with Crippen molar-refractivity contribution in [2.24, 2.45) is 10.9 Å². The van der Waals surface area contributed by atoms with Crippen molar-refractivity contribution in [1.82, 2.24) is 15.5 Å². The zero-order valence-electron chi connectivity index (χ0n) is 16.3. The van der Waals surface area contributed by atoms with Crippen LogP contribution >= 0.6 is 35.3 Å². The minimum Gasteiger partial charge on any atom is -0.357 e. The van der Waals surface area contributed by atoms with Gasteiger partial charge in [0.05, 0.1) is 6.54 Å². The number of nitrogens with one attached hydrogen (secondary N) is 2. The van der Waals surface area contributed by atoms with Crippen LogP contribution in [0.15, 0.2) is 52.8 Å². The third-order valence-electron chi connectivity index (χ3n) is 4.68. The Bertz CT molecular complexity index is 736. The second kappa shape index (κ2) is 12.1. The van der Waals surface area contributed by atoms with Gasteiger partial charge in [-0.15, -0.1) is 35.3 Å². The number of benzene rings is 1. The molecule has 1 amide bonds. The third-order valence-corrected chi connectivity index (χ3v) is 5.54. The van der Waals surface area contributed by atoms with Crippen LogP contribution in [0.25, 0.3) is 0 Å². The maximum absolute atomic E-state index is 12.3. The average molecular weight is 512 g/mol. The van der Waals surface area contributed by atoms with Gasteiger partial charge >= 0.3 is 0 Å². The molecular weight excluding hydrogens is 483 g/mol. The van der Waals surface area contributed by atoms with Crippen LogP contribution in [-0.2, 0) is 17.8 Å². The number of carbonyl (C=O) groups excluding carboxylic acids is 1. The van der Waals surface area contributed by atoms with Crippen LogP contribution in [0.2, 0.25) is 0 Å². The summed E-state index contributed by atoms with van der Waals surface area (Å²) in [6.45, 7) is 5.95. The molecule has 2 aromatic rings. The molecule has 7 heteroatoms. The van der Waals surface area contributed by atoms with E-state index in [1.54, 1.807) is 11.3 Å². The lowest BCUT2D eigenvalue weighted by molar-refractivity contribution is -0.127. The number of hydrogen-bond donors (Lipinski definition) is 2. The van der Waals surface area contributed by atoms with Gasteiger partial charge in [0, 0.05) is 43.4 Å². The van der Waals surface area contributed by atoms with Gasteiger partial charge in [-0.3, -0.25) is 4.79 Å².